The quantitative estimate of drug-likeness (QED) is 0.806. The molecular weight excluding hydrogens is 307 g/mol. The van der Waals surface area contributed by atoms with E-state index in [2.05, 4.69) is 14.6 Å². The van der Waals surface area contributed by atoms with Crippen LogP contribution in [0, 0.1) is 0 Å². The van der Waals surface area contributed by atoms with Gasteiger partial charge in [0.25, 0.3) is 0 Å². The van der Waals surface area contributed by atoms with Crippen LogP contribution >= 0.6 is 34.9 Å². The fourth-order valence-corrected chi connectivity index (χ4v) is 2.63. The van der Waals surface area contributed by atoms with Crippen molar-refractivity contribution >= 4 is 34.9 Å². The minimum absolute atomic E-state index is 0.424. The molecule has 0 unspecified atom stereocenters. The van der Waals surface area contributed by atoms with Crippen LogP contribution in [0.3, 0.4) is 0 Å². The lowest BCUT2D eigenvalue weighted by atomic mass is 10.3. The first-order chi connectivity index (χ1) is 8.47. The van der Waals surface area contributed by atoms with E-state index >= 15 is 0 Å². The minimum atomic E-state index is -4.36. The summed E-state index contributed by atoms with van der Waals surface area (Å²) in [5, 5.41) is 4.27. The van der Waals surface area contributed by atoms with E-state index < -0.39 is 11.7 Å². The third-order valence-electron chi connectivity index (χ3n) is 1.93. The maximum absolute atomic E-state index is 12.3. The lowest BCUT2D eigenvalue weighted by Gasteiger charge is -2.06. The molecule has 0 N–H and O–H groups in total. The van der Waals surface area contributed by atoms with Crippen molar-refractivity contribution in [2.45, 2.75) is 17.0 Å². The molecule has 2 aromatic rings. The smallest absolute Gasteiger partial charge is 0.249 e. The van der Waals surface area contributed by atoms with Gasteiger partial charge in [-0.1, -0.05) is 27.9 Å². The molecule has 18 heavy (non-hydrogen) atoms. The van der Waals surface area contributed by atoms with Crippen LogP contribution in [0.4, 0.5) is 13.2 Å². The number of thioether (sulfide) groups is 1. The summed E-state index contributed by atoms with van der Waals surface area (Å²) in [7, 11) is 0. The molecule has 0 aliphatic rings. The summed E-state index contributed by atoms with van der Waals surface area (Å²) < 4.78 is 41.0. The Bertz CT molecular complexity index is 527. The zero-order valence-corrected chi connectivity index (χ0v) is 11.0. The maximum Gasteiger partial charge on any atom is 0.417 e. The Balaban J connectivity index is 2.01. The van der Waals surface area contributed by atoms with Gasteiger partial charge in [-0.15, -0.1) is 5.10 Å². The summed E-state index contributed by atoms with van der Waals surface area (Å²) in [4.78, 5) is 3.73. The van der Waals surface area contributed by atoms with Crippen LogP contribution in [-0.2, 0) is 11.9 Å². The molecular formula is C9H5ClF3N3S2. The van der Waals surface area contributed by atoms with Gasteiger partial charge in [0.1, 0.15) is 10.0 Å². The van der Waals surface area contributed by atoms with Crippen molar-refractivity contribution in [2.75, 3.05) is 0 Å². The number of aromatic nitrogens is 3. The zero-order valence-electron chi connectivity index (χ0n) is 8.61. The number of halogens is 4. The summed E-state index contributed by atoms with van der Waals surface area (Å²) in [6.07, 6.45) is -3.55. The van der Waals surface area contributed by atoms with Crippen molar-refractivity contribution in [1.29, 1.82) is 0 Å². The van der Waals surface area contributed by atoms with Crippen LogP contribution in [0.2, 0.25) is 4.34 Å². The van der Waals surface area contributed by atoms with E-state index in [9.17, 15) is 13.2 Å². The van der Waals surface area contributed by atoms with Gasteiger partial charge in [0.15, 0.2) is 0 Å². The van der Waals surface area contributed by atoms with E-state index in [1.807, 2.05) is 0 Å². The van der Waals surface area contributed by atoms with Gasteiger partial charge in [-0.05, 0) is 12.1 Å². The highest BCUT2D eigenvalue weighted by Crippen LogP contribution is 2.30. The third kappa shape index (κ3) is 3.33. The van der Waals surface area contributed by atoms with Crippen molar-refractivity contribution in [3.8, 4) is 0 Å². The molecule has 3 nitrogen and oxygen atoms in total. The second-order valence-electron chi connectivity index (χ2n) is 3.16. The van der Waals surface area contributed by atoms with Crippen molar-refractivity contribution < 1.29 is 13.2 Å². The first-order valence-corrected chi connectivity index (χ1v) is 6.73. The molecule has 0 amide bonds. The van der Waals surface area contributed by atoms with Crippen LogP contribution in [-0.4, -0.2) is 14.6 Å². The van der Waals surface area contributed by atoms with Gasteiger partial charge in [0.05, 0.1) is 10.6 Å². The van der Waals surface area contributed by atoms with Crippen molar-refractivity contribution in [1.82, 2.24) is 14.6 Å². The van der Waals surface area contributed by atoms with E-state index in [1.165, 1.54) is 17.8 Å². The number of hydrogen-bond acceptors (Lipinski definition) is 5. The van der Waals surface area contributed by atoms with Crippen LogP contribution in [0.5, 0.6) is 0 Å². The molecule has 0 atom stereocenters. The van der Waals surface area contributed by atoms with Gasteiger partial charge < -0.3 is 0 Å². The number of alkyl halides is 3. The third-order valence-corrected chi connectivity index (χ3v) is 3.87. The fraction of sp³-hybridized carbons (Fsp3) is 0.222. The predicted molar refractivity (Wildman–Crippen MR) is 63.7 cm³/mol. The molecule has 0 saturated carbocycles. The molecule has 0 saturated heterocycles. The monoisotopic (exact) mass is 311 g/mol. The Hall–Kier alpha value is -0.860. The zero-order chi connectivity index (χ0) is 13.2. The molecule has 2 rings (SSSR count). The first kappa shape index (κ1) is 13.6. The van der Waals surface area contributed by atoms with E-state index in [0.717, 1.165) is 23.8 Å². The highest BCUT2D eigenvalue weighted by atomic mass is 35.5. The van der Waals surface area contributed by atoms with Gasteiger partial charge in [-0.2, -0.15) is 13.2 Å². The van der Waals surface area contributed by atoms with Gasteiger partial charge in [0.2, 0.25) is 0 Å². The lowest BCUT2D eigenvalue weighted by molar-refractivity contribution is -0.137. The Kier molecular flexibility index (Phi) is 4.08. The summed E-state index contributed by atoms with van der Waals surface area (Å²) in [5.74, 6) is 0.424. The minimum Gasteiger partial charge on any atom is -0.249 e. The Morgan fingerprint density at radius 1 is 1.33 bits per heavy atom. The molecule has 9 heteroatoms. The number of hydrogen-bond donors (Lipinski definition) is 0. The van der Waals surface area contributed by atoms with E-state index in [0.29, 0.717) is 20.8 Å². The van der Waals surface area contributed by atoms with E-state index in [4.69, 9.17) is 11.6 Å². The maximum atomic E-state index is 12.3. The molecule has 0 aromatic carbocycles. The van der Waals surface area contributed by atoms with Crippen LogP contribution in [0.1, 0.15) is 11.3 Å². The average Bonchev–Trinajstić information content (AvgIpc) is 2.72. The van der Waals surface area contributed by atoms with Gasteiger partial charge >= 0.3 is 6.18 Å². The molecule has 2 aromatic heterocycles. The van der Waals surface area contributed by atoms with Crippen LogP contribution in [0.15, 0.2) is 23.4 Å². The Morgan fingerprint density at radius 2 is 2.11 bits per heavy atom. The molecule has 0 fully saturated rings. The molecule has 96 valence electrons. The van der Waals surface area contributed by atoms with Gasteiger partial charge in [-0.25, -0.2) is 4.98 Å². The Labute approximate surface area is 114 Å². The summed E-state index contributed by atoms with van der Waals surface area (Å²) in [6, 6.07) is 2.32. The van der Waals surface area contributed by atoms with Gasteiger partial charge in [0, 0.05) is 23.5 Å². The topological polar surface area (TPSA) is 38.7 Å². The van der Waals surface area contributed by atoms with Crippen molar-refractivity contribution in [3.63, 3.8) is 0 Å². The van der Waals surface area contributed by atoms with Crippen LogP contribution < -0.4 is 0 Å². The molecule has 0 aliphatic carbocycles. The van der Waals surface area contributed by atoms with Gasteiger partial charge in [-0.3, -0.25) is 0 Å². The second-order valence-corrected chi connectivity index (χ2v) is 5.52. The average molecular weight is 312 g/mol. The second kappa shape index (κ2) is 5.41. The summed E-state index contributed by atoms with van der Waals surface area (Å²) in [5.41, 5.74) is -0.159. The first-order valence-electron chi connectivity index (χ1n) is 4.59. The summed E-state index contributed by atoms with van der Waals surface area (Å²) in [6.45, 7) is 0. The SMILES string of the molecule is FC(F)(F)c1ccc(SCc2nnsc2Cl)nc1. The highest BCUT2D eigenvalue weighted by Gasteiger charge is 2.30. The Morgan fingerprint density at radius 3 is 2.61 bits per heavy atom. The highest BCUT2D eigenvalue weighted by molar-refractivity contribution is 7.98. The standard InChI is InChI=1S/C9H5ClF3N3S2/c10-8-6(15-16-18-8)4-17-7-2-1-5(3-14-7)9(11,12)13/h1-3H,4H2. The summed E-state index contributed by atoms with van der Waals surface area (Å²) >= 11 is 8.12. The number of pyridine rings is 1. The van der Waals surface area contributed by atoms with Crippen molar-refractivity contribution in [3.05, 3.63) is 33.9 Å². The fourth-order valence-electron chi connectivity index (χ4n) is 1.06. The number of rotatable bonds is 3. The van der Waals surface area contributed by atoms with E-state index in [1.54, 1.807) is 0 Å². The number of nitrogens with zero attached hydrogens (tertiary/aromatic N) is 3. The molecule has 0 spiro atoms. The molecule has 0 bridgehead atoms. The van der Waals surface area contributed by atoms with E-state index in [-0.39, 0.29) is 0 Å². The molecule has 0 aliphatic heterocycles. The lowest BCUT2D eigenvalue weighted by Crippen LogP contribution is -2.05. The van der Waals surface area contributed by atoms with Crippen molar-refractivity contribution in [2.24, 2.45) is 0 Å². The molecule has 2 heterocycles. The van der Waals surface area contributed by atoms with Crippen LogP contribution in [0.25, 0.3) is 0 Å². The largest absolute Gasteiger partial charge is 0.417 e. The molecule has 0 radical (unpaired) electrons. The predicted octanol–water partition coefficient (Wildman–Crippen LogP) is 3.90. The normalized spacial score (nSPS) is 11.8.